The third kappa shape index (κ3) is 16.5. The molecule has 0 spiro atoms. The first-order valence-corrected chi connectivity index (χ1v) is 39.4. The number of aromatic nitrogens is 6. The molecule has 9 aromatic carbocycles. The number of nitrogens with zero attached hydrogens (tertiary/aromatic N) is 10. The van der Waals surface area contributed by atoms with Gasteiger partial charge in [0.1, 0.15) is 52.1 Å². The quantitative estimate of drug-likeness (QED) is 0.0268. The van der Waals surface area contributed by atoms with Gasteiger partial charge in [-0.2, -0.15) is 77.3 Å². The molecule has 0 bridgehead atoms. The van der Waals surface area contributed by atoms with Crippen LogP contribution in [0.2, 0.25) is 10.6 Å². The van der Waals surface area contributed by atoms with E-state index in [2.05, 4.69) is 70.3 Å². The molecular weight excluding hydrogens is 1600 g/mol. The molecular formula is C53H36Cl2N14NaO26S8. The van der Waals surface area contributed by atoms with E-state index >= 15 is 0 Å². The monoisotopic (exact) mass is 1630 g/mol. The van der Waals surface area contributed by atoms with E-state index in [4.69, 9.17) is 23.2 Å². The second-order valence-electron chi connectivity index (χ2n) is 20.9. The predicted molar refractivity (Wildman–Crippen MR) is 359 cm³/mol. The molecule has 0 amide bonds. The van der Waals surface area contributed by atoms with Crippen LogP contribution in [0, 0.1) is 0 Å². The van der Waals surface area contributed by atoms with Gasteiger partial charge in [-0.05, 0) is 112 Å². The Morgan fingerprint density at radius 2 is 0.769 bits per heavy atom. The van der Waals surface area contributed by atoms with E-state index in [1.165, 1.54) is 24.3 Å². The van der Waals surface area contributed by atoms with Gasteiger partial charge in [0.05, 0.1) is 44.2 Å². The van der Waals surface area contributed by atoms with Crippen LogP contribution in [-0.2, 0) is 87.5 Å². The Bertz CT molecular complexity index is 6990. The van der Waals surface area contributed by atoms with Gasteiger partial charge in [0, 0.05) is 51.1 Å². The Kier molecular flexibility index (Phi) is 20.9. The summed E-state index contributed by atoms with van der Waals surface area (Å²) in [4.78, 5) is 27.1. The number of rotatable bonds is 17. The summed E-state index contributed by atoms with van der Waals surface area (Å²) in [7, 11) is -42.5. The molecule has 0 aliphatic carbocycles. The molecule has 0 unspecified atom stereocenters. The van der Waals surface area contributed by atoms with Gasteiger partial charge >= 0.3 is 0 Å². The van der Waals surface area contributed by atoms with Gasteiger partial charge in [0.2, 0.25) is 33.0 Å². The zero-order valence-electron chi connectivity index (χ0n) is 50.8. The van der Waals surface area contributed by atoms with Gasteiger partial charge < -0.3 is 20.2 Å². The summed E-state index contributed by atoms with van der Waals surface area (Å²) in [6.45, 7) is -0.302. The molecule has 11 aromatic rings. The van der Waals surface area contributed by atoms with Gasteiger partial charge in [0.15, 0.2) is 11.5 Å². The Balaban J connectivity index is 0.0000116. The van der Waals surface area contributed by atoms with Crippen LogP contribution >= 0.6 is 23.2 Å². The molecule has 2 aromatic heterocycles. The van der Waals surface area contributed by atoms with Crippen molar-refractivity contribution in [1.82, 2.24) is 29.9 Å². The molecule has 0 fully saturated rings. The fourth-order valence-corrected chi connectivity index (χ4v) is 15.9. The minimum atomic E-state index is -5.55. The summed E-state index contributed by atoms with van der Waals surface area (Å²) in [6.07, 6.45) is 0. The molecule has 14 N–H and O–H groups in total. The average molecular weight is 1640 g/mol. The number of benzene rings is 9. The van der Waals surface area contributed by atoms with Crippen LogP contribution in [0.3, 0.4) is 0 Å². The number of phenolic OH excluding ortho intramolecular Hbond substituents is 2. The van der Waals surface area contributed by atoms with Crippen LogP contribution in [0.5, 0.6) is 11.5 Å². The van der Waals surface area contributed by atoms with E-state index in [1.807, 2.05) is 0 Å². The summed E-state index contributed by atoms with van der Waals surface area (Å²) in [5, 5.41) is 33.0. The molecule has 51 heteroatoms. The van der Waals surface area contributed by atoms with Crippen molar-refractivity contribution in [3.8, 4) is 11.5 Å². The van der Waals surface area contributed by atoms with Crippen molar-refractivity contribution in [2.24, 2.45) is 40.4 Å². The first kappa shape index (κ1) is 77.5. The topological polar surface area (TPSA) is 663 Å². The van der Waals surface area contributed by atoms with Crippen molar-refractivity contribution >= 4 is 217 Å². The number of aromatic amines is 4. The fourth-order valence-electron chi connectivity index (χ4n) is 10.1. The second-order valence-corrected chi connectivity index (χ2v) is 32.8. The maximum absolute atomic E-state index is 12.9. The summed E-state index contributed by atoms with van der Waals surface area (Å²) < 4.78 is 283. The number of fused-ring (bicyclic) bond motifs is 4. The Hall–Kier alpha value is -9.10. The molecule has 40 nitrogen and oxygen atoms in total. The van der Waals surface area contributed by atoms with Crippen molar-refractivity contribution in [3.05, 3.63) is 160 Å². The van der Waals surface area contributed by atoms with Crippen LogP contribution in [-0.4, -0.2) is 173 Å². The normalized spacial score (nSPS) is 13.9. The molecule has 537 valence electrons. The number of aromatic hydroxyl groups is 2. The summed E-state index contributed by atoms with van der Waals surface area (Å²) in [5.74, 6) is -2.55. The van der Waals surface area contributed by atoms with Gasteiger partial charge in [-0.25, -0.2) is 20.0 Å². The molecule has 0 aliphatic rings. The van der Waals surface area contributed by atoms with E-state index < -0.39 is 231 Å². The number of phenols is 2. The van der Waals surface area contributed by atoms with Gasteiger partial charge in [0.25, 0.3) is 80.9 Å². The van der Waals surface area contributed by atoms with Crippen molar-refractivity contribution in [2.75, 3.05) is 0 Å². The minimum Gasteiger partial charge on any atom is -0.505 e. The van der Waals surface area contributed by atoms with Gasteiger partial charge in [-0.15, -0.1) is 20.5 Å². The SMILES string of the molecule is O=S(=O)(O)c1cc(N=c2[nH]c(Cl)nc(=NCc3cccc(N=c4nc(Cl)[nH]c(=Nc5cc(S(=O)(=O)O)cc6cc(S(=O)(=O)O)c(N=Nc7ccc8c(S(=O)(=O)O)cccc8c7S(=O)(=O)O)c(O)c56)[nH]4)c3)[nH]2)c2c(O)c(N=Nc3ccc4c(S(=O)(=O)O)cccc4c3S(=O)(=O)O)c(S(=O)(=O)O)cc2c1.[Na]. The molecule has 0 atom stereocenters. The smallest absolute Gasteiger partial charge is 0.297 e. The summed E-state index contributed by atoms with van der Waals surface area (Å²) >= 11 is 12.7. The molecule has 0 saturated heterocycles. The molecule has 104 heavy (non-hydrogen) atoms. The maximum Gasteiger partial charge on any atom is 0.297 e. The van der Waals surface area contributed by atoms with Crippen LogP contribution < -0.4 is 22.5 Å². The summed E-state index contributed by atoms with van der Waals surface area (Å²) in [5.41, 5.74) is -6.66. The number of H-pyrrole nitrogens is 4. The standard InChI is InChI=1S/C53H36Cl2N14O26S8.Na/c54-48-60-50(64-52(62-48)58-34-19-26(96(72,73)74)15-23-17-38(100(84,85)86)42(44(70)40(23)34)68-66-32-12-10-28-30(46(32)102(90,91)92)6-2-8-36(28)98(78,79)80)56-21-22-4-1-5-25(14-22)57-51-61-49(55)63-53(65-51)59-35-20-27(97(75,76)77)16-24-18-39(101(87,88)89)43(45(71)41(24)35)69-67-33-13-11-29-31(47(33)103(93,94)95)7-3-9-37(29)99(81,82)83;/h1-20,70-71H,21H2,(H,72,73,74)(H,75,76,77)(H,78,79,80)(H,81,82,83)(H,84,85,86)(H,87,88,89)(H,90,91,92)(H,93,94,95)(H2,56,58,60,62,64)(H2,57,59,61,63,65);. The average Bonchev–Trinajstić information content (AvgIpc) is 0.760. The third-order valence-electron chi connectivity index (χ3n) is 14.2. The van der Waals surface area contributed by atoms with Crippen molar-refractivity contribution < 1.29 is 114 Å². The van der Waals surface area contributed by atoms with E-state index in [0.29, 0.717) is 42.0 Å². The minimum absolute atomic E-state index is 0. The van der Waals surface area contributed by atoms with Crippen LogP contribution in [0.25, 0.3) is 43.1 Å². The third-order valence-corrected chi connectivity index (χ3v) is 21.6. The number of hydrogen-bond acceptors (Lipinski definition) is 28. The number of azo groups is 2. The fraction of sp³-hybridized carbons (Fsp3) is 0.0189. The van der Waals surface area contributed by atoms with E-state index in [1.54, 1.807) is 0 Å². The first-order chi connectivity index (χ1) is 47.7. The van der Waals surface area contributed by atoms with Crippen molar-refractivity contribution in [2.45, 2.75) is 45.7 Å². The Morgan fingerprint density at radius 3 is 1.16 bits per heavy atom. The van der Waals surface area contributed by atoms with E-state index in [-0.39, 0.29) is 53.0 Å². The van der Waals surface area contributed by atoms with E-state index in [9.17, 15) is 114 Å². The van der Waals surface area contributed by atoms with Crippen LogP contribution in [0.1, 0.15) is 5.56 Å². The molecule has 0 aliphatic heterocycles. The van der Waals surface area contributed by atoms with Crippen LogP contribution in [0.4, 0.5) is 39.8 Å². The Labute approximate surface area is 612 Å². The second kappa shape index (κ2) is 28.1. The molecule has 1 radical (unpaired) electrons. The van der Waals surface area contributed by atoms with E-state index in [0.717, 1.165) is 60.7 Å². The zero-order valence-corrected chi connectivity index (χ0v) is 60.8. The number of nitrogens with one attached hydrogen (secondary N) is 4. The van der Waals surface area contributed by atoms with Gasteiger partial charge in [-0.3, -0.25) is 46.4 Å². The van der Waals surface area contributed by atoms with Crippen molar-refractivity contribution in [3.63, 3.8) is 0 Å². The van der Waals surface area contributed by atoms with Gasteiger partial charge in [-0.1, -0.05) is 48.5 Å². The van der Waals surface area contributed by atoms with Crippen LogP contribution in [0.15, 0.2) is 201 Å². The molecule has 11 rings (SSSR count). The number of hydrogen-bond donors (Lipinski definition) is 14. The largest absolute Gasteiger partial charge is 0.505 e. The molecule has 2 heterocycles. The maximum atomic E-state index is 12.9. The molecule has 0 saturated carbocycles. The first-order valence-electron chi connectivity index (χ1n) is 27.1. The van der Waals surface area contributed by atoms with Crippen molar-refractivity contribution in [1.29, 1.82) is 0 Å². The predicted octanol–water partition coefficient (Wildman–Crippen LogP) is 6.34. The summed E-state index contributed by atoms with van der Waals surface area (Å²) in [6, 6.07) is 18.7. The zero-order chi connectivity index (χ0) is 75.2. The Morgan fingerprint density at radius 1 is 0.375 bits per heavy atom. The number of halogens is 2.